The number of carbonyl (C=O) groups excluding carboxylic acids is 2. The predicted octanol–water partition coefficient (Wildman–Crippen LogP) is 4.02. The molecule has 3 rings (SSSR count). The summed E-state index contributed by atoms with van der Waals surface area (Å²) in [6.45, 7) is 0. The molecule has 2 aromatic rings. The first-order valence-corrected chi connectivity index (χ1v) is 8.49. The zero-order valence-corrected chi connectivity index (χ0v) is 14.7. The Balaban J connectivity index is 1.80. The summed E-state index contributed by atoms with van der Waals surface area (Å²) in [4.78, 5) is 28.4. The van der Waals surface area contributed by atoms with Gasteiger partial charge in [0.15, 0.2) is 5.17 Å². The van der Waals surface area contributed by atoms with Crippen LogP contribution in [0.2, 0.25) is 5.02 Å². The molecular weight excluding hydrogens is 360 g/mol. The van der Waals surface area contributed by atoms with Crippen molar-refractivity contribution in [1.29, 1.82) is 0 Å². The van der Waals surface area contributed by atoms with E-state index in [0.29, 0.717) is 26.3 Å². The van der Waals surface area contributed by atoms with E-state index >= 15 is 0 Å². The molecule has 1 aliphatic rings. The molecule has 0 aromatic heterocycles. The Labute approximate surface area is 153 Å². The van der Waals surface area contributed by atoms with Crippen LogP contribution in [-0.4, -0.2) is 24.2 Å². The van der Waals surface area contributed by atoms with E-state index in [9.17, 15) is 9.59 Å². The number of para-hydroxylation sites is 1. The van der Waals surface area contributed by atoms with Gasteiger partial charge in [-0.05, 0) is 47.7 Å². The minimum absolute atomic E-state index is 0.229. The molecule has 7 heteroatoms. The molecule has 0 bridgehead atoms. The average molecular weight is 373 g/mol. The number of thioether (sulfide) groups is 1. The lowest BCUT2D eigenvalue weighted by atomic mass is 10.1. The van der Waals surface area contributed by atoms with Gasteiger partial charge in [0, 0.05) is 0 Å². The topological polar surface area (TPSA) is 67.8 Å². The van der Waals surface area contributed by atoms with Crippen molar-refractivity contribution < 1.29 is 14.3 Å². The molecule has 0 unspecified atom stereocenters. The third kappa shape index (κ3) is 4.10. The summed E-state index contributed by atoms with van der Waals surface area (Å²) < 4.78 is 4.66. The normalized spacial score (nSPS) is 17.0. The highest BCUT2D eigenvalue weighted by Gasteiger charge is 2.24. The molecule has 1 aliphatic heterocycles. The van der Waals surface area contributed by atoms with Crippen LogP contribution in [0.25, 0.3) is 6.08 Å². The molecule has 0 saturated carbocycles. The molecular formula is C18H13ClN2O3S. The molecule has 2 aromatic carbocycles. The largest absolute Gasteiger partial charge is 0.465 e. The highest BCUT2D eigenvalue weighted by molar-refractivity contribution is 8.18. The number of nitrogens with one attached hydrogen (secondary N) is 1. The smallest absolute Gasteiger partial charge is 0.337 e. The highest BCUT2D eigenvalue weighted by atomic mass is 35.5. The third-order valence-electron chi connectivity index (χ3n) is 3.35. The lowest BCUT2D eigenvalue weighted by Gasteiger charge is -2.00. The molecule has 1 amide bonds. The van der Waals surface area contributed by atoms with Crippen molar-refractivity contribution in [2.75, 3.05) is 7.11 Å². The molecule has 5 nitrogen and oxygen atoms in total. The zero-order valence-electron chi connectivity index (χ0n) is 13.2. The summed E-state index contributed by atoms with van der Waals surface area (Å²) in [5.74, 6) is -0.630. The summed E-state index contributed by atoms with van der Waals surface area (Å²) in [6.07, 6.45) is 1.73. The van der Waals surface area contributed by atoms with Crippen LogP contribution in [0.3, 0.4) is 0 Å². The number of nitrogens with zero attached hydrogens (tertiary/aromatic N) is 1. The number of methoxy groups -OCH3 is 1. The number of halogens is 1. The fourth-order valence-corrected chi connectivity index (χ4v) is 3.13. The number of carbonyl (C=O) groups is 2. The Hall–Kier alpha value is -2.57. The number of amides is 1. The van der Waals surface area contributed by atoms with Crippen molar-refractivity contribution in [3.63, 3.8) is 0 Å². The maximum atomic E-state index is 12.1. The van der Waals surface area contributed by atoms with Crippen LogP contribution in [0.1, 0.15) is 15.9 Å². The van der Waals surface area contributed by atoms with Crippen molar-refractivity contribution in [3.05, 3.63) is 69.6 Å². The van der Waals surface area contributed by atoms with E-state index in [1.807, 2.05) is 12.1 Å². The van der Waals surface area contributed by atoms with Crippen LogP contribution in [0.15, 0.2) is 58.4 Å². The van der Waals surface area contributed by atoms with Crippen molar-refractivity contribution in [1.82, 2.24) is 5.32 Å². The van der Waals surface area contributed by atoms with E-state index in [-0.39, 0.29) is 5.91 Å². The van der Waals surface area contributed by atoms with Gasteiger partial charge in [0.1, 0.15) is 0 Å². The molecule has 0 radical (unpaired) electrons. The van der Waals surface area contributed by atoms with Crippen LogP contribution in [0, 0.1) is 0 Å². The summed E-state index contributed by atoms with van der Waals surface area (Å²) in [5, 5.41) is 3.69. The van der Waals surface area contributed by atoms with Crippen LogP contribution in [0.5, 0.6) is 0 Å². The first-order valence-electron chi connectivity index (χ1n) is 7.29. The summed E-state index contributed by atoms with van der Waals surface area (Å²) in [6, 6.07) is 13.9. The van der Waals surface area contributed by atoms with Gasteiger partial charge in [-0.15, -0.1) is 0 Å². The van der Waals surface area contributed by atoms with Gasteiger partial charge in [-0.2, -0.15) is 0 Å². The Morgan fingerprint density at radius 2 is 1.92 bits per heavy atom. The Morgan fingerprint density at radius 1 is 1.20 bits per heavy atom. The second-order valence-electron chi connectivity index (χ2n) is 5.05. The number of hydrogen-bond donors (Lipinski definition) is 1. The number of benzene rings is 2. The van der Waals surface area contributed by atoms with Crippen LogP contribution >= 0.6 is 23.4 Å². The summed E-state index contributed by atoms with van der Waals surface area (Å²) in [7, 11) is 1.33. The van der Waals surface area contributed by atoms with Gasteiger partial charge in [0.25, 0.3) is 5.91 Å². The highest BCUT2D eigenvalue weighted by Crippen LogP contribution is 2.30. The first kappa shape index (κ1) is 17.3. The molecule has 0 aliphatic carbocycles. The number of rotatable bonds is 3. The fourth-order valence-electron chi connectivity index (χ4n) is 2.12. The molecule has 0 spiro atoms. The maximum absolute atomic E-state index is 12.1. The monoisotopic (exact) mass is 372 g/mol. The van der Waals surface area contributed by atoms with Crippen molar-refractivity contribution in [2.45, 2.75) is 0 Å². The molecule has 1 fully saturated rings. The molecule has 126 valence electrons. The van der Waals surface area contributed by atoms with E-state index in [1.165, 1.54) is 18.9 Å². The fraction of sp³-hybridized carbons (Fsp3) is 0.0556. The van der Waals surface area contributed by atoms with E-state index in [0.717, 1.165) is 5.56 Å². The van der Waals surface area contributed by atoms with Crippen LogP contribution in [-0.2, 0) is 9.53 Å². The molecule has 1 saturated heterocycles. The van der Waals surface area contributed by atoms with E-state index < -0.39 is 5.97 Å². The van der Waals surface area contributed by atoms with Crippen molar-refractivity contribution >= 4 is 52.2 Å². The van der Waals surface area contributed by atoms with Crippen LogP contribution in [0.4, 0.5) is 5.69 Å². The van der Waals surface area contributed by atoms with Gasteiger partial charge < -0.3 is 10.1 Å². The lowest BCUT2D eigenvalue weighted by molar-refractivity contribution is -0.115. The predicted molar refractivity (Wildman–Crippen MR) is 100 cm³/mol. The maximum Gasteiger partial charge on any atom is 0.337 e. The number of aliphatic imine (C=N–C) groups is 1. The van der Waals surface area contributed by atoms with Gasteiger partial charge in [-0.3, -0.25) is 4.79 Å². The Kier molecular flexibility index (Phi) is 5.21. The van der Waals surface area contributed by atoms with E-state index in [2.05, 4.69) is 15.0 Å². The molecule has 1 N–H and O–H groups in total. The molecule has 25 heavy (non-hydrogen) atoms. The minimum atomic E-state index is -0.402. The lowest BCUT2D eigenvalue weighted by Crippen LogP contribution is -2.19. The summed E-state index contributed by atoms with van der Waals surface area (Å²) >= 11 is 7.31. The Bertz CT molecular complexity index is 891. The number of amidine groups is 1. The van der Waals surface area contributed by atoms with E-state index in [1.54, 1.807) is 42.5 Å². The second-order valence-corrected chi connectivity index (χ2v) is 6.48. The average Bonchev–Trinajstić information content (AvgIpc) is 2.96. The molecule has 0 atom stereocenters. The van der Waals surface area contributed by atoms with Gasteiger partial charge in [0.05, 0.1) is 28.3 Å². The number of esters is 1. The number of ether oxygens (including phenoxy) is 1. The van der Waals surface area contributed by atoms with Gasteiger partial charge in [-0.25, -0.2) is 9.79 Å². The first-order chi connectivity index (χ1) is 12.1. The third-order valence-corrected chi connectivity index (χ3v) is 4.58. The van der Waals surface area contributed by atoms with Crippen molar-refractivity contribution in [3.8, 4) is 0 Å². The molecule has 1 heterocycles. The van der Waals surface area contributed by atoms with E-state index in [4.69, 9.17) is 11.6 Å². The Morgan fingerprint density at radius 3 is 2.60 bits per heavy atom. The van der Waals surface area contributed by atoms with Crippen LogP contribution < -0.4 is 5.32 Å². The van der Waals surface area contributed by atoms with Crippen molar-refractivity contribution in [2.24, 2.45) is 4.99 Å². The SMILES string of the molecule is COC(=O)c1ccc(/C=C2\SC(=Nc3ccccc3Cl)NC2=O)cc1. The minimum Gasteiger partial charge on any atom is -0.465 e. The van der Waals surface area contributed by atoms with Gasteiger partial charge >= 0.3 is 5.97 Å². The number of hydrogen-bond acceptors (Lipinski definition) is 5. The summed E-state index contributed by atoms with van der Waals surface area (Å²) in [5.41, 5.74) is 1.84. The second kappa shape index (κ2) is 7.55. The quantitative estimate of drug-likeness (QED) is 0.652. The zero-order chi connectivity index (χ0) is 17.8. The van der Waals surface area contributed by atoms with Gasteiger partial charge in [-0.1, -0.05) is 35.9 Å². The standard InChI is InChI=1S/C18H13ClN2O3S/c1-24-17(23)12-8-6-11(7-9-12)10-15-16(22)21-18(25-15)20-14-5-3-2-4-13(14)19/h2-10H,1H3,(H,20,21,22)/b15-10-. The van der Waals surface area contributed by atoms with Gasteiger partial charge in [0.2, 0.25) is 0 Å².